The van der Waals surface area contributed by atoms with Crippen LogP contribution in [0.4, 0.5) is 4.39 Å². The van der Waals surface area contributed by atoms with Crippen molar-refractivity contribution in [3.63, 3.8) is 0 Å². The van der Waals surface area contributed by atoms with Crippen molar-refractivity contribution in [1.29, 1.82) is 0 Å². The minimum atomic E-state index is -0.282. The minimum absolute atomic E-state index is 0.0737. The van der Waals surface area contributed by atoms with Gasteiger partial charge in [-0.05, 0) is 31.0 Å². The molecule has 110 valence electrons. The van der Waals surface area contributed by atoms with Crippen molar-refractivity contribution in [2.24, 2.45) is 0 Å². The molecular weight excluding hydrogens is 285 g/mol. The summed E-state index contributed by atoms with van der Waals surface area (Å²) in [6, 6.07) is 14.7. The molecule has 0 saturated heterocycles. The number of aryl methyl sites for hydroxylation is 1. The Morgan fingerprint density at radius 2 is 1.86 bits per heavy atom. The number of carbonyl (C=O) groups excluding carboxylic acids is 1. The lowest BCUT2D eigenvalue weighted by atomic mass is 10.1. The quantitative estimate of drug-likeness (QED) is 0.826. The van der Waals surface area contributed by atoms with Crippen LogP contribution in [0.5, 0.6) is 0 Å². The average Bonchev–Trinajstić information content (AvgIpc) is 2.48. The molecule has 0 fully saturated rings. The van der Waals surface area contributed by atoms with E-state index in [4.69, 9.17) is 0 Å². The number of rotatable bonds is 6. The molecule has 0 unspecified atom stereocenters. The first kappa shape index (κ1) is 15.6. The van der Waals surface area contributed by atoms with Gasteiger partial charge < -0.3 is 5.32 Å². The van der Waals surface area contributed by atoms with Crippen molar-refractivity contribution >= 4 is 17.7 Å². The van der Waals surface area contributed by atoms with Gasteiger partial charge >= 0.3 is 0 Å². The average molecular weight is 303 g/mol. The Bertz CT molecular complexity index is 598. The van der Waals surface area contributed by atoms with E-state index in [1.165, 1.54) is 29.0 Å². The summed E-state index contributed by atoms with van der Waals surface area (Å²) in [5, 5.41) is 2.85. The number of nitrogens with one attached hydrogen (secondary N) is 1. The lowest BCUT2D eigenvalue weighted by molar-refractivity contribution is -0.118. The Balaban J connectivity index is 1.70. The molecule has 2 nitrogen and oxygen atoms in total. The van der Waals surface area contributed by atoms with Gasteiger partial charge in [0.15, 0.2) is 0 Å². The topological polar surface area (TPSA) is 29.1 Å². The van der Waals surface area contributed by atoms with E-state index in [0.717, 1.165) is 6.42 Å². The van der Waals surface area contributed by atoms with Crippen molar-refractivity contribution < 1.29 is 9.18 Å². The SMILES string of the molecule is Cc1ccc(CCNC(=O)CSc2ccccc2F)cc1. The summed E-state index contributed by atoms with van der Waals surface area (Å²) in [4.78, 5) is 12.2. The molecule has 2 aromatic carbocycles. The van der Waals surface area contributed by atoms with Crippen molar-refractivity contribution in [3.8, 4) is 0 Å². The van der Waals surface area contributed by atoms with Crippen LogP contribution in [0.2, 0.25) is 0 Å². The second kappa shape index (κ2) is 7.84. The second-order valence-electron chi connectivity index (χ2n) is 4.80. The number of halogens is 1. The zero-order valence-corrected chi connectivity index (χ0v) is 12.8. The second-order valence-corrected chi connectivity index (χ2v) is 5.82. The van der Waals surface area contributed by atoms with Crippen LogP contribution in [0.25, 0.3) is 0 Å². The minimum Gasteiger partial charge on any atom is -0.355 e. The van der Waals surface area contributed by atoms with Crippen molar-refractivity contribution in [2.75, 3.05) is 12.3 Å². The van der Waals surface area contributed by atoms with Crippen molar-refractivity contribution in [1.82, 2.24) is 5.32 Å². The van der Waals surface area contributed by atoms with Gasteiger partial charge in [0.1, 0.15) is 5.82 Å². The van der Waals surface area contributed by atoms with E-state index in [9.17, 15) is 9.18 Å². The van der Waals surface area contributed by atoms with Crippen LogP contribution in [0.3, 0.4) is 0 Å². The van der Waals surface area contributed by atoms with E-state index in [0.29, 0.717) is 11.4 Å². The van der Waals surface area contributed by atoms with Gasteiger partial charge in [0.05, 0.1) is 5.75 Å². The van der Waals surface area contributed by atoms with Crippen molar-refractivity contribution in [3.05, 3.63) is 65.5 Å². The maximum atomic E-state index is 13.4. The van der Waals surface area contributed by atoms with Crippen LogP contribution < -0.4 is 5.32 Å². The third-order valence-corrected chi connectivity index (χ3v) is 4.10. The fourth-order valence-corrected chi connectivity index (χ4v) is 2.63. The molecule has 0 aliphatic rings. The first-order chi connectivity index (χ1) is 10.1. The van der Waals surface area contributed by atoms with Crippen LogP contribution in [0.1, 0.15) is 11.1 Å². The molecule has 0 spiro atoms. The fourth-order valence-electron chi connectivity index (χ4n) is 1.86. The highest BCUT2D eigenvalue weighted by Gasteiger charge is 2.05. The van der Waals surface area contributed by atoms with Gasteiger partial charge in [0, 0.05) is 11.4 Å². The van der Waals surface area contributed by atoms with Gasteiger partial charge in [-0.1, -0.05) is 42.0 Å². The molecule has 4 heteroatoms. The van der Waals surface area contributed by atoms with E-state index < -0.39 is 0 Å². The predicted molar refractivity (Wildman–Crippen MR) is 85.0 cm³/mol. The maximum Gasteiger partial charge on any atom is 0.230 e. The molecule has 2 rings (SSSR count). The highest BCUT2D eigenvalue weighted by atomic mass is 32.2. The number of hydrogen-bond donors (Lipinski definition) is 1. The summed E-state index contributed by atoms with van der Waals surface area (Å²) >= 11 is 1.22. The summed E-state index contributed by atoms with van der Waals surface area (Å²) in [5.41, 5.74) is 2.42. The van der Waals surface area contributed by atoms with E-state index in [2.05, 4.69) is 29.6 Å². The first-order valence-corrected chi connectivity index (χ1v) is 7.83. The normalized spacial score (nSPS) is 10.4. The van der Waals surface area contributed by atoms with Gasteiger partial charge in [-0.25, -0.2) is 4.39 Å². The lowest BCUT2D eigenvalue weighted by Gasteiger charge is -2.06. The van der Waals surface area contributed by atoms with Gasteiger partial charge in [-0.15, -0.1) is 11.8 Å². The molecule has 0 heterocycles. The molecule has 2 aromatic rings. The Kier molecular flexibility index (Phi) is 5.81. The summed E-state index contributed by atoms with van der Waals surface area (Å²) in [6.07, 6.45) is 0.802. The van der Waals surface area contributed by atoms with Gasteiger partial charge in [0.25, 0.3) is 0 Å². The molecule has 21 heavy (non-hydrogen) atoms. The number of amides is 1. The molecule has 0 radical (unpaired) electrons. The van der Waals surface area contributed by atoms with E-state index >= 15 is 0 Å². The number of carbonyl (C=O) groups is 1. The van der Waals surface area contributed by atoms with E-state index in [-0.39, 0.29) is 17.5 Å². The van der Waals surface area contributed by atoms with E-state index in [1.807, 2.05) is 6.92 Å². The largest absolute Gasteiger partial charge is 0.355 e. The first-order valence-electron chi connectivity index (χ1n) is 6.85. The molecule has 0 saturated carbocycles. The zero-order chi connectivity index (χ0) is 15.1. The number of benzene rings is 2. The third kappa shape index (κ3) is 5.23. The van der Waals surface area contributed by atoms with Crippen molar-refractivity contribution in [2.45, 2.75) is 18.2 Å². The zero-order valence-electron chi connectivity index (χ0n) is 11.9. The molecule has 0 bridgehead atoms. The van der Waals surface area contributed by atoms with Crippen LogP contribution in [0.15, 0.2) is 53.4 Å². The Labute approximate surface area is 128 Å². The number of hydrogen-bond acceptors (Lipinski definition) is 2. The van der Waals surface area contributed by atoms with Crippen LogP contribution in [0, 0.1) is 12.7 Å². The predicted octanol–water partition coefficient (Wildman–Crippen LogP) is 3.59. The molecular formula is C17H18FNOS. The van der Waals surface area contributed by atoms with Crippen LogP contribution >= 0.6 is 11.8 Å². The molecule has 0 atom stereocenters. The van der Waals surface area contributed by atoms with Crippen LogP contribution in [-0.4, -0.2) is 18.2 Å². The lowest BCUT2D eigenvalue weighted by Crippen LogP contribution is -2.27. The van der Waals surface area contributed by atoms with Gasteiger partial charge in [-0.3, -0.25) is 4.79 Å². The molecule has 0 aliphatic heterocycles. The van der Waals surface area contributed by atoms with Crippen LogP contribution in [-0.2, 0) is 11.2 Å². The summed E-state index contributed by atoms with van der Waals surface area (Å²) in [5.74, 6) is -0.125. The highest BCUT2D eigenvalue weighted by Crippen LogP contribution is 2.20. The Morgan fingerprint density at radius 3 is 2.57 bits per heavy atom. The summed E-state index contributed by atoms with van der Waals surface area (Å²) in [6.45, 7) is 2.64. The molecule has 1 N–H and O–H groups in total. The molecule has 1 amide bonds. The smallest absolute Gasteiger partial charge is 0.230 e. The summed E-state index contributed by atoms with van der Waals surface area (Å²) < 4.78 is 13.4. The van der Waals surface area contributed by atoms with E-state index in [1.54, 1.807) is 18.2 Å². The molecule has 0 aliphatic carbocycles. The fraction of sp³-hybridized carbons (Fsp3) is 0.235. The summed E-state index contributed by atoms with van der Waals surface area (Å²) in [7, 11) is 0. The standard InChI is InChI=1S/C17H18FNOS/c1-13-6-8-14(9-7-13)10-11-19-17(20)12-21-16-5-3-2-4-15(16)18/h2-9H,10-12H2,1H3,(H,19,20). The maximum absolute atomic E-state index is 13.4. The monoisotopic (exact) mass is 303 g/mol. The Hall–Kier alpha value is -1.81. The highest BCUT2D eigenvalue weighted by molar-refractivity contribution is 8.00. The third-order valence-electron chi connectivity index (χ3n) is 3.05. The molecule has 0 aromatic heterocycles. The Morgan fingerprint density at radius 1 is 1.14 bits per heavy atom. The number of thioether (sulfide) groups is 1. The van der Waals surface area contributed by atoms with Gasteiger partial charge in [0.2, 0.25) is 5.91 Å². The van der Waals surface area contributed by atoms with Gasteiger partial charge in [-0.2, -0.15) is 0 Å².